The molecule has 2 atom stereocenters. The maximum absolute atomic E-state index is 12.8. The van der Waals surface area contributed by atoms with E-state index in [4.69, 9.17) is 10.8 Å². The number of nitrogens with two attached hydrogens (primary N) is 1. The normalized spacial score (nSPS) is 16.0. The molecule has 8 rings (SSSR count). The molecular formula is C49H43F12N7O7. The van der Waals surface area contributed by atoms with Crippen LogP contribution >= 0.6 is 0 Å². The number of ether oxygens (including phenoxy) is 2. The first-order chi connectivity index (χ1) is 35.2. The van der Waals surface area contributed by atoms with E-state index in [1.807, 2.05) is 6.07 Å². The van der Waals surface area contributed by atoms with Gasteiger partial charge in [0.1, 0.15) is 11.6 Å². The number of nitrogens with one attached hydrogen (secondary N) is 2. The molecule has 4 aromatic carbocycles. The van der Waals surface area contributed by atoms with Gasteiger partial charge in [-0.15, -0.1) is 0 Å². The Balaban J connectivity index is 0.000000213. The molecule has 0 unspecified atom stereocenters. The molecule has 6 aromatic rings. The number of halogens is 12. The van der Waals surface area contributed by atoms with Crippen molar-refractivity contribution in [1.82, 2.24) is 30.2 Å². The molecule has 400 valence electrons. The summed E-state index contributed by atoms with van der Waals surface area (Å²) in [6.45, 7) is -1.26. The Morgan fingerprint density at radius 2 is 1.00 bits per heavy atom. The fourth-order valence-corrected chi connectivity index (χ4v) is 7.54. The van der Waals surface area contributed by atoms with Gasteiger partial charge < -0.3 is 30.9 Å². The second kappa shape index (κ2) is 23.6. The van der Waals surface area contributed by atoms with E-state index in [0.29, 0.717) is 39.6 Å². The molecule has 2 fully saturated rings. The summed E-state index contributed by atoms with van der Waals surface area (Å²) in [5.74, 6) is -2.19. The average Bonchev–Trinajstić information content (AvgIpc) is 4.16. The Kier molecular flexibility index (Phi) is 17.8. The van der Waals surface area contributed by atoms with E-state index in [0.717, 1.165) is 0 Å². The summed E-state index contributed by atoms with van der Waals surface area (Å²) in [4.78, 5) is 44.7. The van der Waals surface area contributed by atoms with Crippen LogP contribution in [0.2, 0.25) is 0 Å². The zero-order valence-electron chi connectivity index (χ0n) is 38.6. The lowest BCUT2D eigenvalue weighted by atomic mass is 9.99. The predicted octanol–water partition coefficient (Wildman–Crippen LogP) is 9.14. The highest BCUT2D eigenvalue weighted by atomic mass is 19.4. The number of carbonyl (C=O) groups is 4. The monoisotopic (exact) mass is 1070 g/mol. The fourth-order valence-electron chi connectivity index (χ4n) is 7.54. The highest BCUT2D eigenvalue weighted by molar-refractivity contribution is 5.91. The van der Waals surface area contributed by atoms with Crippen LogP contribution in [0.5, 0.6) is 0 Å². The third-order valence-electron chi connectivity index (χ3n) is 11.1. The van der Waals surface area contributed by atoms with Crippen molar-refractivity contribution in [3.8, 4) is 33.9 Å². The molecule has 4 heterocycles. The van der Waals surface area contributed by atoms with Crippen molar-refractivity contribution in [3.63, 3.8) is 0 Å². The van der Waals surface area contributed by atoms with Crippen LogP contribution in [0.4, 0.5) is 58.5 Å². The number of amides is 2. The number of carbonyl (C=O) groups excluding carboxylic acids is 3. The lowest BCUT2D eigenvalue weighted by Crippen LogP contribution is -2.44. The van der Waals surface area contributed by atoms with Gasteiger partial charge in [0.25, 0.3) is 0 Å². The number of rotatable bonds is 14. The third-order valence-corrected chi connectivity index (χ3v) is 11.1. The van der Waals surface area contributed by atoms with Gasteiger partial charge in [-0.2, -0.15) is 62.9 Å². The van der Waals surface area contributed by atoms with Gasteiger partial charge in [-0.25, -0.2) is 9.36 Å². The molecule has 75 heavy (non-hydrogen) atoms. The number of hydrogen-bond acceptors (Lipinski definition) is 9. The number of Topliss-reactive ketones (excluding diaryl/α,β-unsaturated/α-hetero) is 1. The van der Waals surface area contributed by atoms with Crippen LogP contribution in [-0.2, 0) is 48.3 Å². The van der Waals surface area contributed by atoms with Crippen LogP contribution in [0.25, 0.3) is 33.9 Å². The number of alkyl halides is 12. The van der Waals surface area contributed by atoms with Crippen LogP contribution in [0.1, 0.15) is 29.7 Å². The van der Waals surface area contributed by atoms with Crippen molar-refractivity contribution in [2.24, 2.45) is 11.8 Å². The third kappa shape index (κ3) is 15.6. The van der Waals surface area contributed by atoms with Gasteiger partial charge in [0.15, 0.2) is 0 Å². The van der Waals surface area contributed by atoms with E-state index in [1.54, 1.807) is 78.9 Å². The maximum Gasteiger partial charge on any atom is 0.423 e. The molecule has 2 aliphatic rings. The number of carboxylic acids is 1. The number of anilines is 1. The second-order valence-corrected chi connectivity index (χ2v) is 16.8. The number of benzene rings is 4. The van der Waals surface area contributed by atoms with E-state index in [1.165, 1.54) is 45.8 Å². The highest BCUT2D eigenvalue weighted by Crippen LogP contribution is 2.38. The molecule has 2 saturated heterocycles. The molecule has 2 aliphatic heterocycles. The molecule has 2 amide bonds. The predicted molar refractivity (Wildman–Crippen MR) is 242 cm³/mol. The first kappa shape index (κ1) is 56.6. The number of carboxylic acid groups (broad SMARTS) is 1. The minimum atomic E-state index is -5.61. The van der Waals surface area contributed by atoms with Crippen molar-refractivity contribution in [2.75, 3.05) is 18.8 Å². The minimum absolute atomic E-state index is 0.0475. The van der Waals surface area contributed by atoms with Crippen LogP contribution in [0, 0.1) is 11.8 Å². The lowest BCUT2D eigenvalue weighted by Gasteiger charge is -2.23. The highest BCUT2D eigenvalue weighted by Gasteiger charge is 2.59. The molecule has 0 radical (unpaired) electrons. The maximum atomic E-state index is 12.8. The summed E-state index contributed by atoms with van der Waals surface area (Å²) in [5, 5.41) is 22.1. The minimum Gasteiger partial charge on any atom is -0.481 e. The van der Waals surface area contributed by atoms with Gasteiger partial charge in [0, 0.05) is 49.0 Å². The molecule has 0 spiro atoms. The van der Waals surface area contributed by atoms with Crippen molar-refractivity contribution >= 4 is 29.4 Å². The number of aromatic nitrogens is 4. The molecule has 26 heteroatoms. The number of ketones is 1. The summed E-state index contributed by atoms with van der Waals surface area (Å²) in [6, 6.07) is 32.8. The van der Waals surface area contributed by atoms with E-state index >= 15 is 0 Å². The van der Waals surface area contributed by atoms with Crippen molar-refractivity contribution in [3.05, 3.63) is 138 Å². The Bertz CT molecular complexity index is 2900. The molecule has 5 N–H and O–H groups in total. The van der Waals surface area contributed by atoms with E-state index in [9.17, 15) is 71.9 Å². The molecule has 2 aromatic heterocycles. The summed E-state index contributed by atoms with van der Waals surface area (Å²) in [7, 11) is 0. The number of nitrogen functional groups attached to an aromatic ring is 1. The number of aliphatic carboxylic acids is 1. The topological polar surface area (TPSA) is 193 Å². The molecule has 0 aliphatic carbocycles. The Morgan fingerprint density at radius 1 is 0.587 bits per heavy atom. The van der Waals surface area contributed by atoms with Gasteiger partial charge in [0.2, 0.25) is 24.0 Å². The molecule has 14 nitrogen and oxygen atoms in total. The lowest BCUT2D eigenvalue weighted by molar-refractivity contribution is -0.325. The summed E-state index contributed by atoms with van der Waals surface area (Å²) < 4.78 is 164. The summed E-state index contributed by atoms with van der Waals surface area (Å²) in [5.41, 5.74) is 9.68. The molecule has 0 saturated carbocycles. The van der Waals surface area contributed by atoms with E-state index < -0.39 is 67.9 Å². The zero-order valence-corrected chi connectivity index (χ0v) is 38.6. The summed E-state index contributed by atoms with van der Waals surface area (Å²) >= 11 is 0. The van der Waals surface area contributed by atoms with Crippen LogP contribution < -0.4 is 16.4 Å². The molecule has 0 bridgehead atoms. The van der Waals surface area contributed by atoms with E-state index in [-0.39, 0.29) is 66.9 Å². The SMILES string of the molecule is Nc1cc(-c2cccc(COC(C(F)(F)F)C(F)(F)F)c2)n(-c2ccccc2)n1.O=C1C[C@H](C(=O)Cc2cc(-c3cccc(COC(C(F)(F)F)C(F)(F)F)c3)n(-c3ccccc3)n2)CN1.O=C1C[C@H](C(=O)O)CN1. The van der Waals surface area contributed by atoms with Gasteiger partial charge in [-0.1, -0.05) is 72.8 Å². The van der Waals surface area contributed by atoms with Gasteiger partial charge in [0.05, 0.1) is 54.0 Å². The van der Waals surface area contributed by atoms with Crippen LogP contribution in [0.15, 0.2) is 121 Å². The van der Waals surface area contributed by atoms with Crippen LogP contribution in [0.3, 0.4) is 0 Å². The Labute approximate surface area is 417 Å². The fraction of sp³-hybridized carbons (Fsp3) is 0.306. The van der Waals surface area contributed by atoms with Crippen molar-refractivity contribution in [1.29, 1.82) is 0 Å². The number of para-hydroxylation sites is 2. The summed E-state index contributed by atoms with van der Waals surface area (Å²) in [6.07, 6.45) is -29.9. The first-order valence-corrected chi connectivity index (χ1v) is 22.2. The van der Waals surface area contributed by atoms with Crippen molar-refractivity contribution in [2.45, 2.75) is 69.4 Å². The standard InChI is InChI=1S/C25H21F6N3O3.C19H15F6N3O.C5H7NO3/c26-24(27,28)23(25(29,30)31)37-14-15-5-4-6-16(9-15)20-11-18(12-21(35)17-10-22(36)32-13-17)33-34(20)19-7-2-1-3-8-19;20-18(21,22)17(19(23,24)25)29-11-12-5-4-6-13(9-12)15-10-16(26)27-28(15)14-7-2-1-3-8-14;7-4-1-3(2-6-4)5(8)9/h1-9,11,17,23H,10,12-14H2,(H,32,36);1-10,17H,11H2,(H2,26,27);3H,1-2H2,(H,6,7)(H,8,9)/t17-;;3-/m0.0/s1. The van der Waals surface area contributed by atoms with Gasteiger partial charge in [-0.3, -0.25) is 19.2 Å². The van der Waals surface area contributed by atoms with Crippen LogP contribution in [-0.4, -0.2) is 98.2 Å². The Morgan fingerprint density at radius 3 is 1.39 bits per heavy atom. The first-order valence-electron chi connectivity index (χ1n) is 22.2. The Hall–Kier alpha value is -7.74. The largest absolute Gasteiger partial charge is 0.481 e. The number of hydrogen-bond donors (Lipinski definition) is 4. The van der Waals surface area contributed by atoms with Crippen molar-refractivity contribution < 1.29 is 86.4 Å². The van der Waals surface area contributed by atoms with Gasteiger partial charge in [-0.05, 0) is 53.6 Å². The average molecular weight is 1070 g/mol. The van der Waals surface area contributed by atoms with E-state index in [2.05, 4.69) is 30.3 Å². The van der Waals surface area contributed by atoms with Gasteiger partial charge >= 0.3 is 30.7 Å². The smallest absolute Gasteiger partial charge is 0.423 e. The quantitative estimate of drug-likeness (QED) is 0.0765. The number of nitrogens with zero attached hydrogens (tertiary/aromatic N) is 4. The second-order valence-electron chi connectivity index (χ2n) is 16.8. The molecular weight excluding hydrogens is 1030 g/mol. The zero-order chi connectivity index (χ0) is 54.9.